The number of hydrogen-bond donors (Lipinski definition) is 1. The van der Waals surface area contributed by atoms with Crippen molar-refractivity contribution in [3.8, 4) is 22.8 Å². The van der Waals surface area contributed by atoms with Crippen molar-refractivity contribution in [1.82, 2.24) is 10.3 Å². The molecule has 0 spiro atoms. The van der Waals surface area contributed by atoms with E-state index in [0.717, 1.165) is 39.9 Å². The van der Waals surface area contributed by atoms with Gasteiger partial charge in [0.1, 0.15) is 5.01 Å². The highest BCUT2D eigenvalue weighted by Crippen LogP contribution is 2.30. The van der Waals surface area contributed by atoms with Crippen molar-refractivity contribution in [2.75, 3.05) is 14.2 Å². The third-order valence-corrected chi connectivity index (χ3v) is 4.94. The molecule has 0 aliphatic heterocycles. The topological polar surface area (TPSA) is 43.4 Å². The smallest absolute Gasteiger partial charge is 0.161 e. The molecular weight excluding hydrogens is 332 g/mol. The van der Waals surface area contributed by atoms with Gasteiger partial charge in [0.15, 0.2) is 11.5 Å². The van der Waals surface area contributed by atoms with E-state index in [9.17, 15) is 0 Å². The molecule has 0 aliphatic carbocycles. The summed E-state index contributed by atoms with van der Waals surface area (Å²) in [5, 5.41) is 6.70. The van der Waals surface area contributed by atoms with Crippen molar-refractivity contribution in [3.05, 3.63) is 64.5 Å². The fourth-order valence-electron chi connectivity index (χ4n) is 2.61. The lowest BCUT2D eigenvalue weighted by molar-refractivity contribution is 0.354. The molecule has 0 saturated carbocycles. The number of nitrogens with zero attached hydrogens (tertiary/aromatic N) is 1. The van der Waals surface area contributed by atoms with Gasteiger partial charge >= 0.3 is 0 Å². The summed E-state index contributed by atoms with van der Waals surface area (Å²) in [6.45, 7) is 2.86. The van der Waals surface area contributed by atoms with Crippen molar-refractivity contribution in [1.29, 1.82) is 0 Å². The van der Waals surface area contributed by atoms with Gasteiger partial charge in [-0.25, -0.2) is 4.98 Å². The first kappa shape index (κ1) is 17.5. The Labute approximate surface area is 152 Å². The third kappa shape index (κ3) is 4.18. The zero-order chi connectivity index (χ0) is 17.6. The quantitative estimate of drug-likeness (QED) is 0.669. The molecule has 1 N–H and O–H groups in total. The van der Waals surface area contributed by atoms with Crippen LogP contribution in [0.5, 0.6) is 11.5 Å². The maximum absolute atomic E-state index is 5.38. The molecule has 0 saturated heterocycles. The molecule has 3 rings (SSSR count). The lowest BCUT2D eigenvalue weighted by Gasteiger charge is -2.16. The molecule has 3 aromatic rings. The van der Waals surface area contributed by atoms with Crippen molar-refractivity contribution < 1.29 is 9.47 Å². The van der Waals surface area contributed by atoms with Crippen LogP contribution in [0.2, 0.25) is 0 Å². The highest BCUT2D eigenvalue weighted by atomic mass is 32.1. The monoisotopic (exact) mass is 354 g/mol. The van der Waals surface area contributed by atoms with E-state index >= 15 is 0 Å². The van der Waals surface area contributed by atoms with E-state index in [1.54, 1.807) is 25.6 Å². The van der Waals surface area contributed by atoms with Crippen molar-refractivity contribution in [3.63, 3.8) is 0 Å². The van der Waals surface area contributed by atoms with Gasteiger partial charge in [0.2, 0.25) is 0 Å². The first-order valence-corrected chi connectivity index (χ1v) is 9.04. The van der Waals surface area contributed by atoms with Gasteiger partial charge in [0, 0.05) is 23.5 Å². The summed E-state index contributed by atoms with van der Waals surface area (Å²) in [5.74, 6) is 1.49. The van der Waals surface area contributed by atoms with Gasteiger partial charge in [-0.15, -0.1) is 11.3 Å². The average Bonchev–Trinajstić information content (AvgIpc) is 3.15. The molecule has 25 heavy (non-hydrogen) atoms. The molecule has 0 aliphatic rings. The van der Waals surface area contributed by atoms with Crippen LogP contribution in [0.3, 0.4) is 0 Å². The fourth-order valence-corrected chi connectivity index (χ4v) is 3.37. The second-order valence-corrected chi connectivity index (χ2v) is 6.65. The van der Waals surface area contributed by atoms with E-state index in [0.29, 0.717) is 0 Å². The number of ether oxygens (including phenoxy) is 2. The Kier molecular flexibility index (Phi) is 5.68. The number of methoxy groups -OCH3 is 2. The summed E-state index contributed by atoms with van der Waals surface area (Å²) in [4.78, 5) is 4.72. The Bertz CT molecular complexity index is 818. The molecule has 1 heterocycles. The highest BCUT2D eigenvalue weighted by Gasteiger charge is 2.11. The Balaban J connectivity index is 1.65. The largest absolute Gasteiger partial charge is 0.493 e. The maximum Gasteiger partial charge on any atom is 0.161 e. The number of thiazole rings is 1. The molecule has 1 atom stereocenters. The van der Waals surface area contributed by atoms with Crippen LogP contribution in [-0.4, -0.2) is 19.2 Å². The molecular formula is C20H22N2O2S. The molecule has 130 valence electrons. The molecule has 1 aromatic heterocycles. The van der Waals surface area contributed by atoms with Crippen LogP contribution in [0, 0.1) is 0 Å². The molecule has 1 unspecified atom stereocenters. The van der Waals surface area contributed by atoms with Gasteiger partial charge in [0.25, 0.3) is 0 Å². The molecule has 0 radical (unpaired) electrons. The standard InChI is InChI=1S/C20H22N2O2S/c1-14(16-9-10-18(23-2)19(11-16)24-3)21-12-20-22-17(13-25-20)15-7-5-4-6-8-15/h4-11,13-14,21H,12H2,1-3H3. The van der Waals surface area contributed by atoms with Crippen LogP contribution in [-0.2, 0) is 6.54 Å². The lowest BCUT2D eigenvalue weighted by Crippen LogP contribution is -2.18. The van der Waals surface area contributed by atoms with Crippen LogP contribution in [0.25, 0.3) is 11.3 Å². The van der Waals surface area contributed by atoms with E-state index in [-0.39, 0.29) is 6.04 Å². The van der Waals surface area contributed by atoms with E-state index in [4.69, 9.17) is 14.5 Å². The molecule has 0 amide bonds. The first-order valence-electron chi connectivity index (χ1n) is 8.16. The van der Waals surface area contributed by atoms with Crippen molar-refractivity contribution >= 4 is 11.3 Å². The molecule has 0 fully saturated rings. The minimum atomic E-state index is 0.184. The van der Waals surface area contributed by atoms with E-state index in [2.05, 4.69) is 35.8 Å². The van der Waals surface area contributed by atoms with Crippen LogP contribution in [0.1, 0.15) is 23.5 Å². The van der Waals surface area contributed by atoms with E-state index in [1.807, 2.05) is 30.3 Å². The van der Waals surface area contributed by atoms with Gasteiger partial charge in [0.05, 0.1) is 19.9 Å². The molecule has 4 nitrogen and oxygen atoms in total. The summed E-state index contributed by atoms with van der Waals surface area (Å²) < 4.78 is 10.7. The Morgan fingerprint density at radius 3 is 2.52 bits per heavy atom. The normalized spacial score (nSPS) is 12.0. The summed E-state index contributed by atoms with van der Waals surface area (Å²) in [7, 11) is 3.30. The minimum Gasteiger partial charge on any atom is -0.493 e. The van der Waals surface area contributed by atoms with Gasteiger partial charge in [-0.3, -0.25) is 0 Å². The molecule has 2 aromatic carbocycles. The van der Waals surface area contributed by atoms with Crippen LogP contribution < -0.4 is 14.8 Å². The second kappa shape index (κ2) is 8.14. The summed E-state index contributed by atoms with van der Waals surface area (Å²) in [5.41, 5.74) is 3.33. The van der Waals surface area contributed by atoms with Gasteiger partial charge < -0.3 is 14.8 Å². The summed E-state index contributed by atoms with van der Waals surface area (Å²) in [6, 6.07) is 16.4. The van der Waals surface area contributed by atoms with Crippen molar-refractivity contribution in [2.45, 2.75) is 19.5 Å². The van der Waals surface area contributed by atoms with Gasteiger partial charge in [-0.1, -0.05) is 36.4 Å². The molecule has 5 heteroatoms. The summed E-state index contributed by atoms with van der Waals surface area (Å²) >= 11 is 1.68. The van der Waals surface area contributed by atoms with Crippen LogP contribution in [0.4, 0.5) is 0 Å². The second-order valence-electron chi connectivity index (χ2n) is 5.71. The highest BCUT2D eigenvalue weighted by molar-refractivity contribution is 7.09. The predicted octanol–water partition coefficient (Wildman–Crippen LogP) is 4.68. The predicted molar refractivity (Wildman–Crippen MR) is 102 cm³/mol. The van der Waals surface area contributed by atoms with Crippen LogP contribution >= 0.6 is 11.3 Å². The van der Waals surface area contributed by atoms with Gasteiger partial charge in [-0.2, -0.15) is 0 Å². The summed E-state index contributed by atoms with van der Waals surface area (Å²) in [6.07, 6.45) is 0. The zero-order valence-corrected chi connectivity index (χ0v) is 15.5. The van der Waals surface area contributed by atoms with Gasteiger partial charge in [-0.05, 0) is 24.6 Å². The zero-order valence-electron chi connectivity index (χ0n) is 14.7. The SMILES string of the molecule is COc1ccc(C(C)NCc2nc(-c3ccccc3)cs2)cc1OC. The van der Waals surface area contributed by atoms with Crippen LogP contribution in [0.15, 0.2) is 53.9 Å². The van der Waals surface area contributed by atoms with Crippen molar-refractivity contribution in [2.24, 2.45) is 0 Å². The fraction of sp³-hybridized carbons (Fsp3) is 0.250. The maximum atomic E-state index is 5.38. The number of aromatic nitrogens is 1. The number of nitrogens with one attached hydrogen (secondary N) is 1. The minimum absolute atomic E-state index is 0.184. The van der Waals surface area contributed by atoms with E-state index in [1.165, 1.54) is 0 Å². The number of rotatable bonds is 7. The first-order chi connectivity index (χ1) is 12.2. The van der Waals surface area contributed by atoms with E-state index < -0.39 is 0 Å². The number of hydrogen-bond acceptors (Lipinski definition) is 5. The lowest BCUT2D eigenvalue weighted by atomic mass is 10.1. The average molecular weight is 354 g/mol. The number of benzene rings is 2. The Morgan fingerprint density at radius 1 is 1.04 bits per heavy atom. The molecule has 0 bridgehead atoms. The Morgan fingerprint density at radius 2 is 1.80 bits per heavy atom. The third-order valence-electron chi connectivity index (χ3n) is 4.09. The Hall–Kier alpha value is -2.37.